The fourth-order valence-electron chi connectivity index (χ4n) is 2.13. The van der Waals surface area contributed by atoms with Gasteiger partial charge in [-0.15, -0.1) is 0 Å². The third-order valence-electron chi connectivity index (χ3n) is 3.00. The Morgan fingerprint density at radius 1 is 1.00 bits per heavy atom. The molecule has 88 valence electrons. The number of hydrogen-bond acceptors (Lipinski definition) is 4. The van der Waals surface area contributed by atoms with Crippen molar-refractivity contribution in [2.75, 3.05) is 32.8 Å². The van der Waals surface area contributed by atoms with Gasteiger partial charge in [-0.3, -0.25) is 5.32 Å². The van der Waals surface area contributed by atoms with E-state index >= 15 is 0 Å². The minimum atomic E-state index is 0.300. The van der Waals surface area contributed by atoms with Crippen molar-refractivity contribution in [3.05, 3.63) is 0 Å². The zero-order valence-corrected chi connectivity index (χ0v) is 9.34. The van der Waals surface area contributed by atoms with Gasteiger partial charge in [-0.05, 0) is 25.7 Å². The Kier molecular flexibility index (Phi) is 4.86. The molecule has 2 fully saturated rings. The van der Waals surface area contributed by atoms with E-state index in [1.165, 1.54) is 19.3 Å². The van der Waals surface area contributed by atoms with E-state index in [4.69, 9.17) is 9.47 Å². The van der Waals surface area contributed by atoms with Crippen molar-refractivity contribution in [2.24, 2.45) is 0 Å². The molecule has 2 unspecified atom stereocenters. The fraction of sp³-hybridized carbons (Fsp3) is 1.00. The second-order valence-electron chi connectivity index (χ2n) is 4.29. The van der Waals surface area contributed by atoms with Crippen LogP contribution >= 0.6 is 0 Å². The average Bonchev–Trinajstić information content (AvgIpc) is 2.88. The molecular weight excluding hydrogens is 192 g/mol. The second kappa shape index (κ2) is 6.43. The molecule has 2 aliphatic rings. The fourth-order valence-corrected chi connectivity index (χ4v) is 2.13. The van der Waals surface area contributed by atoms with Crippen molar-refractivity contribution < 1.29 is 9.47 Å². The Hall–Kier alpha value is -0.160. The van der Waals surface area contributed by atoms with Crippen LogP contribution < -0.4 is 10.6 Å². The van der Waals surface area contributed by atoms with Crippen LogP contribution in [0.4, 0.5) is 0 Å². The molecule has 0 radical (unpaired) electrons. The molecule has 0 aromatic carbocycles. The van der Waals surface area contributed by atoms with Gasteiger partial charge in [0.25, 0.3) is 0 Å². The first-order valence-electron chi connectivity index (χ1n) is 6.12. The highest BCUT2D eigenvalue weighted by molar-refractivity contribution is 4.68. The summed E-state index contributed by atoms with van der Waals surface area (Å²) in [6, 6.07) is 0. The minimum absolute atomic E-state index is 0.300. The molecule has 2 atom stereocenters. The standard InChI is InChI=1S/C11H22N2O2/c1-3-10(14-7-1)9-12-5-6-13-11-4-2-8-15-11/h10-13H,1-9H2. The van der Waals surface area contributed by atoms with Crippen molar-refractivity contribution in [1.82, 2.24) is 10.6 Å². The smallest absolute Gasteiger partial charge is 0.108 e. The molecule has 0 aromatic rings. The molecule has 2 rings (SSSR count). The predicted octanol–water partition coefficient (Wildman–Crippen LogP) is 0.481. The monoisotopic (exact) mass is 214 g/mol. The molecule has 2 N–H and O–H groups in total. The second-order valence-corrected chi connectivity index (χ2v) is 4.29. The van der Waals surface area contributed by atoms with Crippen LogP contribution in [0.1, 0.15) is 25.7 Å². The van der Waals surface area contributed by atoms with Crippen LogP contribution in [0.25, 0.3) is 0 Å². The molecule has 0 bridgehead atoms. The van der Waals surface area contributed by atoms with Gasteiger partial charge in [0.2, 0.25) is 0 Å². The Balaban J connectivity index is 1.41. The lowest BCUT2D eigenvalue weighted by Gasteiger charge is -2.13. The quantitative estimate of drug-likeness (QED) is 0.631. The van der Waals surface area contributed by atoms with Crippen LogP contribution in [0, 0.1) is 0 Å². The Morgan fingerprint density at radius 3 is 2.60 bits per heavy atom. The maximum Gasteiger partial charge on any atom is 0.108 e. The number of rotatable bonds is 6. The summed E-state index contributed by atoms with van der Waals surface area (Å²) in [5.74, 6) is 0. The molecular formula is C11H22N2O2. The minimum Gasteiger partial charge on any atom is -0.377 e. The third kappa shape index (κ3) is 4.07. The van der Waals surface area contributed by atoms with E-state index < -0.39 is 0 Å². The molecule has 0 spiro atoms. The van der Waals surface area contributed by atoms with Gasteiger partial charge in [-0.25, -0.2) is 0 Å². The summed E-state index contributed by atoms with van der Waals surface area (Å²) in [6.45, 7) is 4.84. The summed E-state index contributed by atoms with van der Waals surface area (Å²) >= 11 is 0. The SMILES string of the molecule is C1COC(CNCCNC2CCCO2)C1. The lowest BCUT2D eigenvalue weighted by Crippen LogP contribution is -2.36. The van der Waals surface area contributed by atoms with Crippen LogP contribution in [0.5, 0.6) is 0 Å². The van der Waals surface area contributed by atoms with Crippen LogP contribution in [0.3, 0.4) is 0 Å². The summed E-state index contributed by atoms with van der Waals surface area (Å²) < 4.78 is 11.0. The average molecular weight is 214 g/mol. The van der Waals surface area contributed by atoms with E-state index in [9.17, 15) is 0 Å². The lowest BCUT2D eigenvalue weighted by molar-refractivity contribution is 0.0836. The van der Waals surface area contributed by atoms with Gasteiger partial charge in [0.1, 0.15) is 6.23 Å². The van der Waals surface area contributed by atoms with E-state index in [0.29, 0.717) is 12.3 Å². The van der Waals surface area contributed by atoms with Gasteiger partial charge >= 0.3 is 0 Å². The first kappa shape index (κ1) is 11.3. The third-order valence-corrected chi connectivity index (χ3v) is 3.00. The predicted molar refractivity (Wildman–Crippen MR) is 58.8 cm³/mol. The van der Waals surface area contributed by atoms with Crippen LogP contribution in [0.2, 0.25) is 0 Å². The number of ether oxygens (including phenoxy) is 2. The van der Waals surface area contributed by atoms with E-state index in [2.05, 4.69) is 10.6 Å². The van der Waals surface area contributed by atoms with E-state index in [-0.39, 0.29) is 0 Å². The van der Waals surface area contributed by atoms with Crippen LogP contribution in [0.15, 0.2) is 0 Å². The number of nitrogens with one attached hydrogen (secondary N) is 2. The summed E-state index contributed by atoms with van der Waals surface area (Å²) in [5, 5.41) is 6.79. The number of hydrogen-bond donors (Lipinski definition) is 2. The molecule has 0 aliphatic carbocycles. The highest BCUT2D eigenvalue weighted by Gasteiger charge is 2.15. The molecule has 2 aliphatic heterocycles. The zero-order chi connectivity index (χ0) is 10.3. The van der Waals surface area contributed by atoms with Gasteiger partial charge in [0.05, 0.1) is 6.10 Å². The van der Waals surface area contributed by atoms with E-state index in [0.717, 1.165) is 39.3 Å². The van der Waals surface area contributed by atoms with Crippen molar-refractivity contribution >= 4 is 0 Å². The molecule has 0 amide bonds. The highest BCUT2D eigenvalue weighted by Crippen LogP contribution is 2.10. The first-order chi connectivity index (χ1) is 7.45. The summed E-state index contributed by atoms with van der Waals surface area (Å²) in [6.07, 6.45) is 5.54. The maximum atomic E-state index is 5.53. The van der Waals surface area contributed by atoms with Gasteiger partial charge in [0.15, 0.2) is 0 Å². The lowest BCUT2D eigenvalue weighted by atomic mass is 10.2. The zero-order valence-electron chi connectivity index (χ0n) is 9.34. The highest BCUT2D eigenvalue weighted by atomic mass is 16.5. The molecule has 4 heteroatoms. The van der Waals surface area contributed by atoms with Crippen molar-refractivity contribution in [3.63, 3.8) is 0 Å². The largest absolute Gasteiger partial charge is 0.377 e. The van der Waals surface area contributed by atoms with Crippen molar-refractivity contribution in [1.29, 1.82) is 0 Å². The van der Waals surface area contributed by atoms with Gasteiger partial charge in [0, 0.05) is 32.8 Å². The van der Waals surface area contributed by atoms with Crippen LogP contribution in [-0.4, -0.2) is 45.2 Å². The van der Waals surface area contributed by atoms with E-state index in [1.807, 2.05) is 0 Å². The maximum absolute atomic E-state index is 5.53. The molecule has 4 nitrogen and oxygen atoms in total. The van der Waals surface area contributed by atoms with Gasteiger partial charge in [-0.1, -0.05) is 0 Å². The molecule has 0 saturated carbocycles. The summed E-state index contributed by atoms with van der Waals surface area (Å²) in [5.41, 5.74) is 0. The molecule has 15 heavy (non-hydrogen) atoms. The van der Waals surface area contributed by atoms with Crippen molar-refractivity contribution in [2.45, 2.75) is 38.0 Å². The molecule has 0 aromatic heterocycles. The van der Waals surface area contributed by atoms with Gasteiger partial charge < -0.3 is 14.8 Å². The first-order valence-corrected chi connectivity index (χ1v) is 6.12. The Labute approximate surface area is 91.7 Å². The topological polar surface area (TPSA) is 42.5 Å². The molecule has 2 heterocycles. The summed E-state index contributed by atoms with van der Waals surface area (Å²) in [7, 11) is 0. The summed E-state index contributed by atoms with van der Waals surface area (Å²) in [4.78, 5) is 0. The van der Waals surface area contributed by atoms with E-state index in [1.54, 1.807) is 0 Å². The Morgan fingerprint density at radius 2 is 1.87 bits per heavy atom. The van der Waals surface area contributed by atoms with Crippen molar-refractivity contribution in [3.8, 4) is 0 Å². The molecule has 2 saturated heterocycles. The van der Waals surface area contributed by atoms with Crippen LogP contribution in [-0.2, 0) is 9.47 Å². The Bertz CT molecular complexity index is 148. The van der Waals surface area contributed by atoms with Gasteiger partial charge in [-0.2, -0.15) is 0 Å². The normalized spacial score (nSPS) is 31.2.